The third-order valence-corrected chi connectivity index (χ3v) is 4.64. The second-order valence-electron chi connectivity index (χ2n) is 5.14. The Hall–Kier alpha value is -0.830. The van der Waals surface area contributed by atoms with E-state index in [0.717, 1.165) is 38.9 Å². The first-order valence-electron chi connectivity index (χ1n) is 7.52. The van der Waals surface area contributed by atoms with Crippen LogP contribution in [0.15, 0.2) is 16.4 Å². The summed E-state index contributed by atoms with van der Waals surface area (Å²) in [7, 11) is 1.73. The molecule has 1 aromatic heterocycles. The number of carbonyl (C=O) groups excluding carboxylic acids is 1. The van der Waals surface area contributed by atoms with Crippen LogP contribution in [-0.4, -0.2) is 43.4 Å². The van der Waals surface area contributed by atoms with Crippen LogP contribution in [0.2, 0.25) is 0 Å². The Morgan fingerprint density at radius 1 is 1.45 bits per heavy atom. The molecule has 22 heavy (non-hydrogen) atoms. The molecule has 0 unspecified atom stereocenters. The number of carbonyl (C=O) groups is 1. The molecule has 124 valence electrons. The second-order valence-corrected chi connectivity index (χ2v) is 6.14. The molecule has 1 amide bonds. The smallest absolute Gasteiger partial charge is 0.242 e. The molecular weight excluding hydrogens is 411 g/mol. The molecule has 0 aliphatic carbocycles. The van der Waals surface area contributed by atoms with Crippen molar-refractivity contribution in [3.63, 3.8) is 0 Å². The maximum atomic E-state index is 12.3. The van der Waals surface area contributed by atoms with Crippen molar-refractivity contribution in [2.75, 3.05) is 26.7 Å². The molecule has 2 heterocycles. The van der Waals surface area contributed by atoms with Gasteiger partial charge in [-0.1, -0.05) is 13.3 Å². The molecule has 0 saturated heterocycles. The zero-order valence-corrected chi connectivity index (χ0v) is 16.4. The lowest BCUT2D eigenvalue weighted by Gasteiger charge is -2.27. The molecule has 5 nitrogen and oxygen atoms in total. The molecule has 0 saturated carbocycles. The Morgan fingerprint density at radius 3 is 3.00 bits per heavy atom. The SMILES string of the molecule is CCCCNC(=NC)NCC(=O)N1CCc2sccc2C1.I. The zero-order chi connectivity index (χ0) is 15.1. The van der Waals surface area contributed by atoms with E-state index < -0.39 is 0 Å². The van der Waals surface area contributed by atoms with Gasteiger partial charge in [0.15, 0.2) is 5.96 Å². The van der Waals surface area contributed by atoms with Gasteiger partial charge in [0, 0.05) is 31.6 Å². The van der Waals surface area contributed by atoms with Crippen LogP contribution in [0.5, 0.6) is 0 Å². The highest BCUT2D eigenvalue weighted by atomic mass is 127. The minimum atomic E-state index is 0. The van der Waals surface area contributed by atoms with Gasteiger partial charge in [-0.2, -0.15) is 0 Å². The van der Waals surface area contributed by atoms with Crippen LogP contribution in [-0.2, 0) is 17.8 Å². The van der Waals surface area contributed by atoms with E-state index in [0.29, 0.717) is 12.5 Å². The zero-order valence-electron chi connectivity index (χ0n) is 13.2. The van der Waals surface area contributed by atoms with Crippen molar-refractivity contribution in [1.82, 2.24) is 15.5 Å². The van der Waals surface area contributed by atoms with Crippen LogP contribution in [0.4, 0.5) is 0 Å². The van der Waals surface area contributed by atoms with E-state index in [2.05, 4.69) is 34.0 Å². The number of aliphatic imine (C=N–C) groups is 1. The van der Waals surface area contributed by atoms with Gasteiger partial charge in [-0.15, -0.1) is 35.3 Å². The first-order chi connectivity index (χ1) is 10.2. The molecule has 0 spiro atoms. The van der Waals surface area contributed by atoms with Crippen molar-refractivity contribution in [1.29, 1.82) is 0 Å². The van der Waals surface area contributed by atoms with E-state index >= 15 is 0 Å². The first-order valence-corrected chi connectivity index (χ1v) is 8.40. The molecule has 0 bridgehead atoms. The van der Waals surface area contributed by atoms with Gasteiger partial charge in [-0.05, 0) is 29.9 Å². The van der Waals surface area contributed by atoms with E-state index in [1.165, 1.54) is 10.4 Å². The topological polar surface area (TPSA) is 56.7 Å². The third-order valence-electron chi connectivity index (χ3n) is 3.61. The van der Waals surface area contributed by atoms with Crippen LogP contribution >= 0.6 is 35.3 Å². The number of guanidine groups is 1. The molecule has 1 aliphatic heterocycles. The third kappa shape index (κ3) is 5.42. The van der Waals surface area contributed by atoms with Crippen molar-refractivity contribution < 1.29 is 4.79 Å². The molecule has 0 fully saturated rings. The summed E-state index contributed by atoms with van der Waals surface area (Å²) in [4.78, 5) is 19.7. The van der Waals surface area contributed by atoms with Gasteiger partial charge in [-0.3, -0.25) is 9.79 Å². The lowest BCUT2D eigenvalue weighted by atomic mass is 10.1. The van der Waals surface area contributed by atoms with E-state index in [9.17, 15) is 4.79 Å². The summed E-state index contributed by atoms with van der Waals surface area (Å²) in [5, 5.41) is 8.41. The summed E-state index contributed by atoms with van der Waals surface area (Å²) in [5.74, 6) is 0.829. The Morgan fingerprint density at radius 2 is 2.27 bits per heavy atom. The average Bonchev–Trinajstić information content (AvgIpc) is 2.97. The number of hydrogen-bond acceptors (Lipinski definition) is 3. The molecule has 0 aromatic carbocycles. The number of nitrogens with zero attached hydrogens (tertiary/aromatic N) is 2. The van der Waals surface area contributed by atoms with Crippen molar-refractivity contribution in [3.8, 4) is 0 Å². The Kier molecular flexibility index (Phi) is 8.77. The number of unbranched alkanes of at least 4 members (excludes halogenated alkanes) is 1. The molecule has 2 rings (SSSR count). The molecule has 0 atom stereocenters. The van der Waals surface area contributed by atoms with Gasteiger partial charge in [0.1, 0.15) is 0 Å². The highest BCUT2D eigenvalue weighted by molar-refractivity contribution is 14.0. The van der Waals surface area contributed by atoms with E-state index in [4.69, 9.17) is 0 Å². The Labute approximate surface area is 153 Å². The maximum Gasteiger partial charge on any atom is 0.242 e. The van der Waals surface area contributed by atoms with Crippen molar-refractivity contribution in [2.45, 2.75) is 32.7 Å². The van der Waals surface area contributed by atoms with E-state index in [-0.39, 0.29) is 29.9 Å². The number of halogens is 1. The molecule has 0 radical (unpaired) electrons. The summed E-state index contributed by atoms with van der Waals surface area (Å²) >= 11 is 1.79. The van der Waals surface area contributed by atoms with Crippen LogP contribution in [0.25, 0.3) is 0 Å². The highest BCUT2D eigenvalue weighted by Gasteiger charge is 2.21. The monoisotopic (exact) mass is 436 g/mol. The van der Waals surface area contributed by atoms with Gasteiger partial charge in [-0.25, -0.2) is 0 Å². The van der Waals surface area contributed by atoms with Crippen LogP contribution in [0, 0.1) is 0 Å². The van der Waals surface area contributed by atoms with Crippen molar-refractivity contribution in [2.24, 2.45) is 4.99 Å². The fraction of sp³-hybridized carbons (Fsp3) is 0.600. The summed E-state index contributed by atoms with van der Waals surface area (Å²) in [5.41, 5.74) is 1.30. The molecule has 2 N–H and O–H groups in total. The molecule has 7 heteroatoms. The number of nitrogens with one attached hydrogen (secondary N) is 2. The molecule has 1 aliphatic rings. The van der Waals surface area contributed by atoms with Gasteiger partial charge in [0.2, 0.25) is 5.91 Å². The lowest BCUT2D eigenvalue weighted by Crippen LogP contribution is -2.45. The summed E-state index contributed by atoms with van der Waals surface area (Å²) < 4.78 is 0. The minimum absolute atomic E-state index is 0. The summed E-state index contributed by atoms with van der Waals surface area (Å²) in [6, 6.07) is 2.12. The Bertz CT molecular complexity index is 503. The number of thiophene rings is 1. The normalized spacial score (nSPS) is 14.1. The number of hydrogen-bond donors (Lipinski definition) is 2. The fourth-order valence-corrected chi connectivity index (χ4v) is 3.23. The van der Waals surface area contributed by atoms with Crippen molar-refractivity contribution >= 4 is 47.2 Å². The van der Waals surface area contributed by atoms with Gasteiger partial charge < -0.3 is 15.5 Å². The standard InChI is InChI=1S/C15H24N4OS.HI/c1-3-4-7-17-15(16-2)18-10-14(20)19-8-5-13-12(11-19)6-9-21-13;/h6,9H,3-5,7-8,10-11H2,1-2H3,(H2,16,17,18);1H. The van der Waals surface area contributed by atoms with E-state index in [1.807, 2.05) is 4.90 Å². The predicted molar refractivity (Wildman–Crippen MR) is 103 cm³/mol. The lowest BCUT2D eigenvalue weighted by molar-refractivity contribution is -0.130. The van der Waals surface area contributed by atoms with Crippen LogP contribution in [0.3, 0.4) is 0 Å². The predicted octanol–water partition coefficient (Wildman–Crippen LogP) is 2.22. The van der Waals surface area contributed by atoms with Gasteiger partial charge >= 0.3 is 0 Å². The summed E-state index contributed by atoms with van der Waals surface area (Å²) in [6.45, 7) is 4.88. The number of amides is 1. The molecule has 1 aromatic rings. The van der Waals surface area contributed by atoms with Crippen LogP contribution < -0.4 is 10.6 Å². The van der Waals surface area contributed by atoms with E-state index in [1.54, 1.807) is 18.4 Å². The quantitative estimate of drug-likeness (QED) is 0.322. The second kappa shape index (κ2) is 10.0. The first kappa shape index (κ1) is 19.2. The fourth-order valence-electron chi connectivity index (χ4n) is 2.34. The number of rotatable bonds is 5. The van der Waals surface area contributed by atoms with Crippen LogP contribution in [0.1, 0.15) is 30.2 Å². The average molecular weight is 436 g/mol. The largest absolute Gasteiger partial charge is 0.356 e. The minimum Gasteiger partial charge on any atom is -0.356 e. The van der Waals surface area contributed by atoms with Gasteiger partial charge in [0.25, 0.3) is 0 Å². The Balaban J connectivity index is 0.00000242. The van der Waals surface area contributed by atoms with Gasteiger partial charge in [0.05, 0.1) is 6.54 Å². The highest BCUT2D eigenvalue weighted by Crippen LogP contribution is 2.23. The molecular formula is C15H25IN4OS. The number of fused-ring (bicyclic) bond motifs is 1. The maximum absolute atomic E-state index is 12.3. The van der Waals surface area contributed by atoms with Crippen molar-refractivity contribution in [3.05, 3.63) is 21.9 Å². The summed E-state index contributed by atoms with van der Waals surface area (Å²) in [6.07, 6.45) is 3.21.